The van der Waals surface area contributed by atoms with Crippen LogP contribution in [0.1, 0.15) is 16.7 Å². The number of aryl methyl sites for hydroxylation is 1. The van der Waals surface area contributed by atoms with E-state index in [9.17, 15) is 17.6 Å². The molecule has 0 aromatic heterocycles. The van der Waals surface area contributed by atoms with Crippen molar-refractivity contribution in [2.45, 2.75) is 31.1 Å². The van der Waals surface area contributed by atoms with Gasteiger partial charge in [-0.05, 0) is 36.6 Å². The molecule has 0 radical (unpaired) electrons. The SMILES string of the molecule is Cc1ccc(CC(=O)N=C2S[C@@H]3CS(=O)(=O)C[C@@H]3N2CCc2ccc(F)cc2)cc1. The Labute approximate surface area is 180 Å². The lowest BCUT2D eigenvalue weighted by atomic mass is 10.1. The Hall–Kier alpha value is -2.19. The monoisotopic (exact) mass is 446 g/mol. The number of thioether (sulfide) groups is 1. The van der Waals surface area contributed by atoms with Crippen LogP contribution in [0.4, 0.5) is 4.39 Å². The number of carbonyl (C=O) groups excluding carboxylic acids is 1. The first-order valence-corrected chi connectivity index (χ1v) is 12.5. The third kappa shape index (κ3) is 4.92. The van der Waals surface area contributed by atoms with E-state index >= 15 is 0 Å². The third-order valence-electron chi connectivity index (χ3n) is 5.43. The van der Waals surface area contributed by atoms with Crippen LogP contribution in [0.25, 0.3) is 0 Å². The van der Waals surface area contributed by atoms with E-state index in [1.807, 2.05) is 36.1 Å². The molecule has 8 heteroatoms. The molecule has 30 heavy (non-hydrogen) atoms. The number of aliphatic imine (C=N–C) groups is 1. The van der Waals surface area contributed by atoms with Crippen LogP contribution in [-0.2, 0) is 27.5 Å². The second-order valence-electron chi connectivity index (χ2n) is 7.82. The lowest BCUT2D eigenvalue weighted by Crippen LogP contribution is -2.39. The quantitative estimate of drug-likeness (QED) is 0.706. The van der Waals surface area contributed by atoms with Crippen molar-refractivity contribution in [1.29, 1.82) is 0 Å². The number of carbonyl (C=O) groups is 1. The summed E-state index contributed by atoms with van der Waals surface area (Å²) >= 11 is 1.39. The van der Waals surface area contributed by atoms with E-state index in [4.69, 9.17) is 0 Å². The molecule has 2 heterocycles. The lowest BCUT2D eigenvalue weighted by molar-refractivity contribution is -0.117. The minimum absolute atomic E-state index is 0.0826. The summed E-state index contributed by atoms with van der Waals surface area (Å²) in [4.78, 5) is 18.9. The van der Waals surface area contributed by atoms with Crippen molar-refractivity contribution in [3.05, 3.63) is 71.0 Å². The van der Waals surface area contributed by atoms with Crippen molar-refractivity contribution in [2.24, 2.45) is 4.99 Å². The summed E-state index contributed by atoms with van der Waals surface area (Å²) in [6.45, 7) is 2.53. The minimum atomic E-state index is -3.08. The van der Waals surface area contributed by atoms with Crippen LogP contribution in [0, 0.1) is 12.7 Å². The summed E-state index contributed by atoms with van der Waals surface area (Å²) in [7, 11) is -3.08. The summed E-state index contributed by atoms with van der Waals surface area (Å²) in [5.74, 6) is -0.336. The lowest BCUT2D eigenvalue weighted by Gasteiger charge is -2.24. The molecule has 0 N–H and O–H groups in total. The number of amidine groups is 1. The van der Waals surface area contributed by atoms with Crippen molar-refractivity contribution in [2.75, 3.05) is 18.1 Å². The summed E-state index contributed by atoms with van der Waals surface area (Å²) < 4.78 is 37.4. The number of fused-ring (bicyclic) bond motifs is 1. The molecule has 0 unspecified atom stereocenters. The Kier molecular flexibility index (Phi) is 5.97. The molecule has 5 nitrogen and oxygen atoms in total. The second kappa shape index (κ2) is 8.51. The molecule has 2 saturated heterocycles. The maximum Gasteiger partial charge on any atom is 0.252 e. The molecule has 158 valence electrons. The van der Waals surface area contributed by atoms with Gasteiger partial charge < -0.3 is 4.90 Å². The highest BCUT2D eigenvalue weighted by molar-refractivity contribution is 8.15. The van der Waals surface area contributed by atoms with Gasteiger partial charge in [-0.1, -0.05) is 53.7 Å². The van der Waals surface area contributed by atoms with Gasteiger partial charge in [-0.15, -0.1) is 0 Å². The van der Waals surface area contributed by atoms with Crippen LogP contribution in [0.2, 0.25) is 0 Å². The number of amides is 1. The molecule has 2 aromatic carbocycles. The van der Waals surface area contributed by atoms with Crippen LogP contribution >= 0.6 is 11.8 Å². The van der Waals surface area contributed by atoms with Gasteiger partial charge in [-0.25, -0.2) is 12.8 Å². The predicted molar refractivity (Wildman–Crippen MR) is 118 cm³/mol. The second-order valence-corrected chi connectivity index (χ2v) is 11.2. The van der Waals surface area contributed by atoms with Crippen LogP contribution in [0.5, 0.6) is 0 Å². The van der Waals surface area contributed by atoms with Crippen LogP contribution < -0.4 is 0 Å². The highest BCUT2D eigenvalue weighted by Gasteiger charge is 2.48. The highest BCUT2D eigenvalue weighted by Crippen LogP contribution is 2.38. The van der Waals surface area contributed by atoms with Gasteiger partial charge in [0.2, 0.25) is 0 Å². The zero-order valence-electron chi connectivity index (χ0n) is 16.6. The zero-order chi connectivity index (χ0) is 21.3. The highest BCUT2D eigenvalue weighted by atomic mass is 32.2. The van der Waals surface area contributed by atoms with Gasteiger partial charge in [0.15, 0.2) is 15.0 Å². The molecule has 2 fully saturated rings. The van der Waals surface area contributed by atoms with Gasteiger partial charge >= 0.3 is 0 Å². The molecule has 2 aliphatic heterocycles. The summed E-state index contributed by atoms with van der Waals surface area (Å²) in [6, 6.07) is 13.9. The first-order chi connectivity index (χ1) is 14.3. The zero-order valence-corrected chi connectivity index (χ0v) is 18.3. The van der Waals surface area contributed by atoms with E-state index < -0.39 is 9.84 Å². The summed E-state index contributed by atoms with van der Waals surface area (Å²) in [6.07, 6.45) is 0.832. The maximum atomic E-state index is 13.2. The molecule has 4 rings (SSSR count). The Morgan fingerprint density at radius 1 is 1.10 bits per heavy atom. The molecule has 0 aliphatic carbocycles. The molecular weight excluding hydrogens is 423 g/mol. The maximum absolute atomic E-state index is 13.2. The first-order valence-electron chi connectivity index (χ1n) is 9.84. The Morgan fingerprint density at radius 2 is 1.77 bits per heavy atom. The number of benzene rings is 2. The molecule has 2 atom stereocenters. The summed E-state index contributed by atoms with van der Waals surface area (Å²) in [5, 5.41) is 0.494. The van der Waals surface area contributed by atoms with Gasteiger partial charge in [-0.2, -0.15) is 4.99 Å². The summed E-state index contributed by atoms with van der Waals surface area (Å²) in [5.41, 5.74) is 2.99. The average Bonchev–Trinajstić information content (AvgIpc) is 3.14. The van der Waals surface area contributed by atoms with Crippen molar-refractivity contribution in [1.82, 2.24) is 4.90 Å². The van der Waals surface area contributed by atoms with E-state index in [-0.39, 0.29) is 40.9 Å². The number of rotatable bonds is 5. The van der Waals surface area contributed by atoms with Gasteiger partial charge in [0.25, 0.3) is 5.91 Å². The van der Waals surface area contributed by atoms with E-state index in [0.29, 0.717) is 18.1 Å². The van der Waals surface area contributed by atoms with Gasteiger partial charge in [-0.3, -0.25) is 4.79 Å². The predicted octanol–water partition coefficient (Wildman–Crippen LogP) is 3.02. The van der Waals surface area contributed by atoms with Crippen molar-refractivity contribution in [3.63, 3.8) is 0 Å². The fourth-order valence-electron chi connectivity index (χ4n) is 3.82. The van der Waals surface area contributed by atoms with E-state index in [0.717, 1.165) is 16.7 Å². The number of hydrogen-bond donors (Lipinski definition) is 0. The topological polar surface area (TPSA) is 66.8 Å². The van der Waals surface area contributed by atoms with Gasteiger partial charge in [0.1, 0.15) is 5.82 Å². The number of hydrogen-bond acceptors (Lipinski definition) is 4. The van der Waals surface area contributed by atoms with Crippen LogP contribution in [0.15, 0.2) is 53.5 Å². The van der Waals surface area contributed by atoms with Gasteiger partial charge in [0, 0.05) is 11.8 Å². The Balaban J connectivity index is 1.50. The fraction of sp³-hybridized carbons (Fsp3) is 0.364. The van der Waals surface area contributed by atoms with Crippen molar-refractivity contribution in [3.8, 4) is 0 Å². The van der Waals surface area contributed by atoms with Crippen molar-refractivity contribution >= 4 is 32.7 Å². The smallest absolute Gasteiger partial charge is 0.252 e. The Bertz CT molecular complexity index is 1070. The van der Waals surface area contributed by atoms with Crippen molar-refractivity contribution < 1.29 is 17.6 Å². The molecular formula is C22H23FN2O3S2. The molecule has 2 aliphatic rings. The molecule has 0 saturated carbocycles. The Morgan fingerprint density at radius 3 is 2.47 bits per heavy atom. The largest absolute Gasteiger partial charge is 0.346 e. The van der Waals surface area contributed by atoms with E-state index in [1.54, 1.807) is 12.1 Å². The first kappa shape index (κ1) is 21.1. The fourth-order valence-corrected chi connectivity index (χ4v) is 7.82. The number of halogens is 1. The molecule has 0 spiro atoms. The number of sulfone groups is 1. The standard InChI is InChI=1S/C22H23FN2O3S2/c1-15-2-4-17(5-3-15)12-21(26)24-22-25(11-10-16-6-8-18(23)9-7-16)19-13-30(27,28)14-20(19)29-22/h2-9,19-20H,10-14H2,1H3/t19-,20+/m0/s1. The van der Waals surface area contributed by atoms with E-state index in [2.05, 4.69) is 4.99 Å². The van der Waals surface area contributed by atoms with E-state index in [1.165, 1.54) is 23.9 Å². The third-order valence-corrected chi connectivity index (χ3v) is 8.67. The van der Waals surface area contributed by atoms with Crippen LogP contribution in [-0.4, -0.2) is 53.7 Å². The van der Waals surface area contributed by atoms with Crippen LogP contribution in [0.3, 0.4) is 0 Å². The average molecular weight is 447 g/mol. The molecule has 1 amide bonds. The normalized spacial score (nSPS) is 23.7. The number of nitrogens with zero attached hydrogens (tertiary/aromatic N) is 2. The molecule has 2 aromatic rings. The van der Waals surface area contributed by atoms with Gasteiger partial charge in [0.05, 0.1) is 24.0 Å². The minimum Gasteiger partial charge on any atom is -0.346 e. The molecule has 0 bridgehead atoms.